The molecule has 1 atom stereocenters. The van der Waals surface area contributed by atoms with Crippen LogP contribution in [0.5, 0.6) is 0 Å². The summed E-state index contributed by atoms with van der Waals surface area (Å²) in [5.41, 5.74) is 3.44. The number of amides is 1. The Kier molecular flexibility index (Phi) is 5.52. The Bertz CT molecular complexity index is 700. The molecule has 2 aromatic rings. The molecule has 5 heteroatoms. The second-order valence-corrected chi connectivity index (χ2v) is 7.43. The van der Waals surface area contributed by atoms with Crippen LogP contribution < -0.4 is 5.32 Å². The van der Waals surface area contributed by atoms with Crippen LogP contribution in [0.3, 0.4) is 0 Å². The number of nitrogens with one attached hydrogen (secondary N) is 1. The van der Waals surface area contributed by atoms with Crippen LogP contribution >= 0.6 is 22.6 Å². The topological polar surface area (TPSA) is 46.2 Å². The maximum atomic E-state index is 12.3. The molecule has 0 bridgehead atoms. The van der Waals surface area contributed by atoms with E-state index in [1.807, 2.05) is 37.3 Å². The first-order chi connectivity index (χ1) is 9.95. The van der Waals surface area contributed by atoms with E-state index < -0.39 is 10.8 Å². The zero-order valence-corrected chi connectivity index (χ0v) is 14.8. The Balaban J connectivity index is 2.16. The van der Waals surface area contributed by atoms with E-state index in [2.05, 4.69) is 27.9 Å². The molecule has 0 radical (unpaired) electrons. The summed E-state index contributed by atoms with van der Waals surface area (Å²) in [5, 5.41) is 2.89. The summed E-state index contributed by atoms with van der Waals surface area (Å²) in [4.78, 5) is 12.3. The van der Waals surface area contributed by atoms with Gasteiger partial charge in [0.1, 0.15) is 0 Å². The number of rotatable bonds is 4. The fourth-order valence-corrected chi connectivity index (χ4v) is 3.08. The average molecular weight is 413 g/mol. The first-order valence-electron chi connectivity index (χ1n) is 6.42. The van der Waals surface area contributed by atoms with Gasteiger partial charge in [-0.2, -0.15) is 0 Å². The highest BCUT2D eigenvalue weighted by Gasteiger charge is 2.08. The Morgan fingerprint density at radius 1 is 1.24 bits per heavy atom. The van der Waals surface area contributed by atoms with Crippen LogP contribution in [0.25, 0.3) is 0 Å². The quantitative estimate of drug-likeness (QED) is 0.777. The van der Waals surface area contributed by atoms with Crippen molar-refractivity contribution in [3.05, 3.63) is 62.7 Å². The van der Waals surface area contributed by atoms with Gasteiger partial charge < -0.3 is 5.32 Å². The molecule has 1 amide bonds. The number of halogens is 1. The van der Waals surface area contributed by atoms with Crippen LogP contribution in [0.15, 0.2) is 42.5 Å². The van der Waals surface area contributed by atoms with E-state index >= 15 is 0 Å². The molecule has 0 heterocycles. The monoisotopic (exact) mass is 413 g/mol. The molecule has 0 aromatic heterocycles. The van der Waals surface area contributed by atoms with Crippen molar-refractivity contribution in [1.29, 1.82) is 0 Å². The minimum atomic E-state index is -0.914. The fourth-order valence-electron chi connectivity index (χ4n) is 1.91. The molecule has 0 saturated heterocycles. The van der Waals surface area contributed by atoms with Gasteiger partial charge in [0.15, 0.2) is 0 Å². The minimum Gasteiger partial charge on any atom is -0.322 e. The Morgan fingerprint density at radius 2 is 2.00 bits per heavy atom. The number of carbonyl (C=O) groups excluding carboxylic acids is 1. The van der Waals surface area contributed by atoms with Crippen molar-refractivity contribution in [3.8, 4) is 0 Å². The largest absolute Gasteiger partial charge is 0.322 e. The summed E-state index contributed by atoms with van der Waals surface area (Å²) in [5.74, 6) is 0.308. The van der Waals surface area contributed by atoms with Crippen molar-refractivity contribution >= 4 is 45.0 Å². The van der Waals surface area contributed by atoms with E-state index in [0.717, 1.165) is 14.8 Å². The zero-order chi connectivity index (χ0) is 15.4. The fraction of sp³-hybridized carbons (Fsp3) is 0.188. The first-order valence-corrected chi connectivity index (χ1v) is 9.23. The SMILES string of the molecule is Cc1ccc(NC(=O)c2cccc(C[S@@](C)=O)c2)cc1I. The smallest absolute Gasteiger partial charge is 0.255 e. The third kappa shape index (κ3) is 4.64. The lowest BCUT2D eigenvalue weighted by Crippen LogP contribution is -2.12. The van der Waals surface area contributed by atoms with Gasteiger partial charge in [-0.05, 0) is 64.9 Å². The van der Waals surface area contributed by atoms with Crippen molar-refractivity contribution in [2.24, 2.45) is 0 Å². The van der Waals surface area contributed by atoms with E-state index in [1.165, 1.54) is 5.56 Å². The molecule has 0 unspecified atom stereocenters. The molecule has 0 aliphatic carbocycles. The van der Waals surface area contributed by atoms with Gasteiger partial charge in [0.2, 0.25) is 0 Å². The summed E-state index contributed by atoms with van der Waals surface area (Å²) >= 11 is 2.24. The van der Waals surface area contributed by atoms with Crippen molar-refractivity contribution in [1.82, 2.24) is 0 Å². The first kappa shape index (κ1) is 16.2. The zero-order valence-electron chi connectivity index (χ0n) is 11.9. The minimum absolute atomic E-state index is 0.154. The van der Waals surface area contributed by atoms with Gasteiger partial charge in [-0.1, -0.05) is 18.2 Å². The van der Waals surface area contributed by atoms with Gasteiger partial charge in [-0.3, -0.25) is 9.00 Å². The van der Waals surface area contributed by atoms with Crippen LogP contribution in [0.2, 0.25) is 0 Å². The van der Waals surface area contributed by atoms with Crippen LogP contribution in [-0.2, 0) is 16.6 Å². The molecular weight excluding hydrogens is 397 g/mol. The highest BCUT2D eigenvalue weighted by atomic mass is 127. The third-order valence-electron chi connectivity index (χ3n) is 2.99. The maximum absolute atomic E-state index is 12.3. The molecule has 0 fully saturated rings. The standard InChI is InChI=1S/C16H16INO2S/c1-11-6-7-14(9-15(11)17)18-16(19)13-5-3-4-12(8-13)10-21(2)20/h3-9H,10H2,1-2H3,(H,18,19)/t21-/m1/s1. The Labute approximate surface area is 140 Å². The van der Waals surface area contributed by atoms with Gasteiger partial charge >= 0.3 is 0 Å². The number of carbonyl (C=O) groups is 1. The van der Waals surface area contributed by atoms with E-state index in [9.17, 15) is 9.00 Å². The molecule has 3 nitrogen and oxygen atoms in total. The molecule has 2 aromatic carbocycles. The summed E-state index contributed by atoms with van der Waals surface area (Å²) in [6.45, 7) is 2.03. The average Bonchev–Trinajstić information content (AvgIpc) is 2.42. The van der Waals surface area contributed by atoms with Crippen molar-refractivity contribution < 1.29 is 9.00 Å². The van der Waals surface area contributed by atoms with Gasteiger partial charge in [-0.25, -0.2) is 0 Å². The summed E-state index contributed by atoms with van der Waals surface area (Å²) < 4.78 is 12.4. The van der Waals surface area contributed by atoms with Crippen molar-refractivity contribution in [3.63, 3.8) is 0 Å². The summed E-state index contributed by atoms with van der Waals surface area (Å²) in [6, 6.07) is 13.1. The highest BCUT2D eigenvalue weighted by Crippen LogP contribution is 2.18. The molecule has 110 valence electrons. The molecule has 2 rings (SSSR count). The second-order valence-electron chi connectivity index (χ2n) is 4.84. The molecule has 1 N–H and O–H groups in total. The number of anilines is 1. The van der Waals surface area contributed by atoms with Crippen molar-refractivity contribution in [2.75, 3.05) is 11.6 Å². The predicted molar refractivity (Wildman–Crippen MR) is 96.1 cm³/mol. The number of hydrogen-bond acceptors (Lipinski definition) is 2. The third-order valence-corrected chi connectivity index (χ3v) is 4.89. The molecule has 0 aliphatic heterocycles. The molecule has 21 heavy (non-hydrogen) atoms. The molecule has 0 spiro atoms. The Morgan fingerprint density at radius 3 is 2.67 bits per heavy atom. The van der Waals surface area contributed by atoms with Crippen LogP contribution in [0.4, 0.5) is 5.69 Å². The molecular formula is C16H16INO2S. The lowest BCUT2D eigenvalue weighted by atomic mass is 10.1. The van der Waals surface area contributed by atoms with E-state index in [4.69, 9.17) is 0 Å². The summed E-state index contributed by atoms with van der Waals surface area (Å²) in [6.07, 6.45) is 1.65. The maximum Gasteiger partial charge on any atom is 0.255 e. The van der Waals surface area contributed by atoms with Gasteiger partial charge in [0, 0.05) is 37.6 Å². The summed E-state index contributed by atoms with van der Waals surface area (Å²) in [7, 11) is -0.914. The van der Waals surface area contributed by atoms with E-state index in [1.54, 1.807) is 18.4 Å². The lowest BCUT2D eigenvalue weighted by molar-refractivity contribution is 0.102. The van der Waals surface area contributed by atoms with Gasteiger partial charge in [-0.15, -0.1) is 0 Å². The van der Waals surface area contributed by atoms with Crippen LogP contribution in [-0.4, -0.2) is 16.4 Å². The second kappa shape index (κ2) is 7.17. The Hall–Kier alpha value is -1.21. The number of hydrogen-bond donors (Lipinski definition) is 1. The number of benzene rings is 2. The van der Waals surface area contributed by atoms with Gasteiger partial charge in [0.25, 0.3) is 5.91 Å². The van der Waals surface area contributed by atoms with Crippen LogP contribution in [0, 0.1) is 10.5 Å². The van der Waals surface area contributed by atoms with Gasteiger partial charge in [0.05, 0.1) is 0 Å². The predicted octanol–water partition coefficient (Wildman–Crippen LogP) is 3.73. The molecule has 0 saturated carbocycles. The van der Waals surface area contributed by atoms with Crippen molar-refractivity contribution in [2.45, 2.75) is 12.7 Å². The number of aryl methyl sites for hydroxylation is 1. The van der Waals surface area contributed by atoms with E-state index in [0.29, 0.717) is 11.3 Å². The lowest BCUT2D eigenvalue weighted by Gasteiger charge is -2.08. The van der Waals surface area contributed by atoms with E-state index in [-0.39, 0.29) is 5.91 Å². The molecule has 0 aliphatic rings. The normalized spacial score (nSPS) is 12.0. The highest BCUT2D eigenvalue weighted by molar-refractivity contribution is 14.1. The van der Waals surface area contributed by atoms with Crippen LogP contribution in [0.1, 0.15) is 21.5 Å².